The van der Waals surface area contributed by atoms with Crippen molar-refractivity contribution in [3.63, 3.8) is 0 Å². The van der Waals surface area contributed by atoms with Crippen LogP contribution in [0.15, 0.2) is 16.8 Å². The van der Waals surface area contributed by atoms with Crippen molar-refractivity contribution >= 4 is 28.0 Å². The Hall–Kier alpha value is -2.25. The average Bonchev–Trinajstić information content (AvgIpc) is 3.05. The van der Waals surface area contributed by atoms with Gasteiger partial charge < -0.3 is 19.4 Å². The van der Waals surface area contributed by atoms with Gasteiger partial charge in [0, 0.05) is 5.69 Å². The topological polar surface area (TPSA) is 77.5 Å². The van der Waals surface area contributed by atoms with E-state index in [4.69, 9.17) is 14.1 Å². The van der Waals surface area contributed by atoms with Gasteiger partial charge in [0.25, 0.3) is 0 Å². The first-order valence-electron chi connectivity index (χ1n) is 9.60. The first-order chi connectivity index (χ1) is 12.9. The molecule has 3 aromatic heterocycles. The molecule has 0 atom stereocenters. The molecule has 0 unspecified atom stereocenters. The molecule has 5 rings (SSSR count). The van der Waals surface area contributed by atoms with Gasteiger partial charge >= 0.3 is 0 Å². The second-order valence-corrected chi connectivity index (χ2v) is 7.20. The van der Waals surface area contributed by atoms with Gasteiger partial charge in [0.2, 0.25) is 5.71 Å². The van der Waals surface area contributed by atoms with Gasteiger partial charge in [-0.2, -0.15) is 0 Å². The summed E-state index contributed by atoms with van der Waals surface area (Å²) in [5.74, 6) is 0.763. The van der Waals surface area contributed by atoms with Gasteiger partial charge in [-0.05, 0) is 37.3 Å². The Balaban J connectivity index is 1.42. The monoisotopic (exact) mass is 354 g/mol. The summed E-state index contributed by atoms with van der Waals surface area (Å²) in [6.07, 6.45) is 6.20. The van der Waals surface area contributed by atoms with E-state index in [0.29, 0.717) is 11.3 Å². The first-order valence-corrected chi connectivity index (χ1v) is 9.60. The van der Waals surface area contributed by atoms with E-state index in [1.165, 1.54) is 24.1 Å². The van der Waals surface area contributed by atoms with Crippen molar-refractivity contribution in [2.24, 2.45) is 0 Å². The number of aryl methyl sites for hydroxylation is 2. The molecule has 7 heteroatoms. The van der Waals surface area contributed by atoms with Crippen LogP contribution in [0.1, 0.15) is 24.1 Å². The van der Waals surface area contributed by atoms with E-state index in [9.17, 15) is 0 Å². The SMILES string of the molecule is c1nc(NCC[NH+]2CCOCC2)c2oc3nc4c(cc3c2n1)CCCC4. The highest BCUT2D eigenvalue weighted by Crippen LogP contribution is 2.32. The number of furan rings is 1. The number of fused-ring (bicyclic) bond motifs is 4. The Bertz CT molecular complexity index is 932. The predicted molar refractivity (Wildman–Crippen MR) is 98.6 cm³/mol. The number of anilines is 1. The molecule has 4 heterocycles. The van der Waals surface area contributed by atoms with E-state index < -0.39 is 0 Å². The van der Waals surface area contributed by atoms with Gasteiger partial charge in [-0.15, -0.1) is 0 Å². The van der Waals surface area contributed by atoms with Crippen molar-refractivity contribution in [2.45, 2.75) is 25.7 Å². The second-order valence-electron chi connectivity index (χ2n) is 7.20. The van der Waals surface area contributed by atoms with Crippen LogP contribution in [0.3, 0.4) is 0 Å². The molecule has 2 N–H and O–H groups in total. The minimum atomic E-state index is 0.683. The highest BCUT2D eigenvalue weighted by Gasteiger charge is 2.19. The molecule has 2 aliphatic rings. The van der Waals surface area contributed by atoms with Crippen LogP contribution in [-0.4, -0.2) is 54.3 Å². The average molecular weight is 354 g/mol. The highest BCUT2D eigenvalue weighted by molar-refractivity contribution is 6.04. The fraction of sp³-hybridized carbons (Fsp3) is 0.526. The van der Waals surface area contributed by atoms with Crippen molar-refractivity contribution in [1.82, 2.24) is 15.0 Å². The van der Waals surface area contributed by atoms with Gasteiger partial charge in [0.1, 0.15) is 24.9 Å². The largest absolute Gasteiger partial charge is 0.432 e. The van der Waals surface area contributed by atoms with Crippen molar-refractivity contribution in [3.8, 4) is 0 Å². The fourth-order valence-electron chi connectivity index (χ4n) is 4.01. The summed E-state index contributed by atoms with van der Waals surface area (Å²) >= 11 is 0. The lowest BCUT2D eigenvalue weighted by molar-refractivity contribution is -0.906. The number of hydrogen-bond donors (Lipinski definition) is 2. The molecule has 0 bridgehead atoms. The van der Waals surface area contributed by atoms with Crippen LogP contribution >= 0.6 is 0 Å². The molecule has 1 aliphatic heterocycles. The lowest BCUT2D eigenvalue weighted by Crippen LogP contribution is -3.14. The maximum absolute atomic E-state index is 6.07. The molecule has 3 aromatic rings. The minimum absolute atomic E-state index is 0.683. The summed E-state index contributed by atoms with van der Waals surface area (Å²) in [6.45, 7) is 5.74. The number of ether oxygens (including phenoxy) is 1. The first kappa shape index (κ1) is 16.0. The lowest BCUT2D eigenvalue weighted by Gasteiger charge is -2.23. The molecule has 0 spiro atoms. The van der Waals surface area contributed by atoms with Crippen LogP contribution in [-0.2, 0) is 17.6 Å². The van der Waals surface area contributed by atoms with Gasteiger partial charge in [-0.1, -0.05) is 0 Å². The van der Waals surface area contributed by atoms with E-state index >= 15 is 0 Å². The standard InChI is InChI=1S/C19H23N5O2/c1-2-4-15-13(3-1)11-14-16-17(26-19(14)23-15)18(22-12-21-16)20-5-6-24-7-9-25-10-8-24/h11-12H,1-10H2,(H,20,21,22)/p+1. The number of pyridine rings is 1. The van der Waals surface area contributed by atoms with Gasteiger partial charge in [-0.3, -0.25) is 0 Å². The Morgan fingerprint density at radius 1 is 1.12 bits per heavy atom. The molecule has 7 nitrogen and oxygen atoms in total. The lowest BCUT2D eigenvalue weighted by atomic mass is 9.95. The molecule has 0 aromatic carbocycles. The molecule has 0 amide bonds. The van der Waals surface area contributed by atoms with Crippen molar-refractivity contribution < 1.29 is 14.1 Å². The van der Waals surface area contributed by atoms with E-state index in [-0.39, 0.29) is 0 Å². The van der Waals surface area contributed by atoms with Crippen molar-refractivity contribution in [1.29, 1.82) is 0 Å². The summed E-state index contributed by atoms with van der Waals surface area (Å²) in [5, 5.41) is 4.44. The summed E-state index contributed by atoms with van der Waals surface area (Å²) in [5.41, 5.74) is 4.78. The zero-order chi connectivity index (χ0) is 17.3. The van der Waals surface area contributed by atoms with Gasteiger partial charge in [0.05, 0.1) is 31.7 Å². The smallest absolute Gasteiger partial charge is 0.229 e. The molecule has 0 radical (unpaired) electrons. The van der Waals surface area contributed by atoms with Crippen LogP contribution in [0.5, 0.6) is 0 Å². The molecule has 26 heavy (non-hydrogen) atoms. The van der Waals surface area contributed by atoms with E-state index in [0.717, 1.165) is 69.0 Å². The summed E-state index contributed by atoms with van der Waals surface area (Å²) in [7, 11) is 0. The number of morpholine rings is 1. The second kappa shape index (κ2) is 6.81. The molecular formula is C19H24N5O2+. The molecule has 1 saturated heterocycles. The third-order valence-electron chi connectivity index (χ3n) is 5.49. The fourth-order valence-corrected chi connectivity index (χ4v) is 4.01. The van der Waals surface area contributed by atoms with Crippen LogP contribution < -0.4 is 10.2 Å². The number of aromatic nitrogens is 3. The minimum Gasteiger partial charge on any atom is -0.432 e. The molecule has 136 valence electrons. The maximum Gasteiger partial charge on any atom is 0.229 e. The molecule has 0 saturated carbocycles. The predicted octanol–water partition coefficient (Wildman–Crippen LogP) is 0.977. The number of nitrogens with one attached hydrogen (secondary N) is 2. The molecular weight excluding hydrogens is 330 g/mol. The maximum atomic E-state index is 6.07. The number of rotatable bonds is 4. The van der Waals surface area contributed by atoms with Crippen LogP contribution in [0, 0.1) is 0 Å². The normalized spacial score (nSPS) is 18.3. The van der Waals surface area contributed by atoms with E-state index in [1.54, 1.807) is 11.2 Å². The summed E-state index contributed by atoms with van der Waals surface area (Å²) < 4.78 is 11.5. The number of quaternary nitrogens is 1. The quantitative estimate of drug-likeness (QED) is 0.727. The third kappa shape index (κ3) is 2.91. The van der Waals surface area contributed by atoms with Gasteiger partial charge in [0.15, 0.2) is 11.4 Å². The van der Waals surface area contributed by atoms with E-state index in [2.05, 4.69) is 21.4 Å². The summed E-state index contributed by atoms with van der Waals surface area (Å²) in [4.78, 5) is 15.2. The van der Waals surface area contributed by atoms with E-state index in [1.807, 2.05) is 0 Å². The molecule has 1 aliphatic carbocycles. The summed E-state index contributed by atoms with van der Waals surface area (Å²) in [6, 6.07) is 2.22. The Labute approximate surface area is 151 Å². The Morgan fingerprint density at radius 2 is 2.00 bits per heavy atom. The van der Waals surface area contributed by atoms with Crippen LogP contribution in [0.4, 0.5) is 5.82 Å². The molecule has 1 fully saturated rings. The zero-order valence-electron chi connectivity index (χ0n) is 14.9. The van der Waals surface area contributed by atoms with Crippen LogP contribution in [0.2, 0.25) is 0 Å². The Kier molecular flexibility index (Phi) is 4.18. The Morgan fingerprint density at radius 3 is 2.92 bits per heavy atom. The highest BCUT2D eigenvalue weighted by atomic mass is 16.5. The van der Waals surface area contributed by atoms with Crippen molar-refractivity contribution in [3.05, 3.63) is 23.7 Å². The zero-order valence-corrected chi connectivity index (χ0v) is 14.9. The third-order valence-corrected chi connectivity index (χ3v) is 5.49. The van der Waals surface area contributed by atoms with Crippen molar-refractivity contribution in [2.75, 3.05) is 44.7 Å². The van der Waals surface area contributed by atoms with Gasteiger partial charge in [-0.25, -0.2) is 15.0 Å². The number of nitrogens with zero attached hydrogens (tertiary/aromatic N) is 3. The van der Waals surface area contributed by atoms with Crippen LogP contribution in [0.25, 0.3) is 22.2 Å². The number of hydrogen-bond acceptors (Lipinski definition) is 6.